The van der Waals surface area contributed by atoms with Gasteiger partial charge in [0, 0.05) is 22.9 Å². The Morgan fingerprint density at radius 1 is 1.60 bits per heavy atom. The molecule has 1 aromatic rings. The zero-order valence-corrected chi connectivity index (χ0v) is 10.6. The monoisotopic (exact) mass is 320 g/mol. The van der Waals surface area contributed by atoms with E-state index in [4.69, 9.17) is 10.5 Å². The number of rotatable bonds is 5. The number of ether oxygens (including phenoxy) is 1. The van der Waals surface area contributed by atoms with Crippen LogP contribution in [0.25, 0.3) is 0 Å². The van der Waals surface area contributed by atoms with Crippen molar-refractivity contribution in [1.29, 1.82) is 0 Å². The SMILES string of the molecule is COCCNc1cc(I)ccc1C(N)=O. The van der Waals surface area contributed by atoms with Crippen molar-refractivity contribution in [2.45, 2.75) is 0 Å². The number of nitrogens with two attached hydrogens (primary N) is 1. The van der Waals surface area contributed by atoms with Crippen molar-refractivity contribution in [3.05, 3.63) is 27.3 Å². The molecule has 0 saturated carbocycles. The summed E-state index contributed by atoms with van der Waals surface area (Å²) in [6.45, 7) is 1.24. The maximum Gasteiger partial charge on any atom is 0.250 e. The van der Waals surface area contributed by atoms with Crippen LogP contribution in [0.1, 0.15) is 10.4 Å². The maximum absolute atomic E-state index is 11.1. The molecule has 82 valence electrons. The predicted molar refractivity (Wildman–Crippen MR) is 68.0 cm³/mol. The summed E-state index contributed by atoms with van der Waals surface area (Å²) in [5, 5.41) is 3.11. The van der Waals surface area contributed by atoms with E-state index in [1.54, 1.807) is 13.2 Å². The van der Waals surface area contributed by atoms with Gasteiger partial charge in [0.1, 0.15) is 0 Å². The van der Waals surface area contributed by atoms with Gasteiger partial charge in [-0.05, 0) is 40.8 Å². The first-order valence-corrected chi connectivity index (χ1v) is 5.55. The molecule has 15 heavy (non-hydrogen) atoms. The summed E-state index contributed by atoms with van der Waals surface area (Å²) in [4.78, 5) is 11.1. The molecule has 0 aliphatic heterocycles. The Labute approximate surface area is 102 Å². The highest BCUT2D eigenvalue weighted by Gasteiger charge is 2.07. The fourth-order valence-corrected chi connectivity index (χ4v) is 1.66. The van der Waals surface area contributed by atoms with E-state index in [1.165, 1.54) is 0 Å². The van der Waals surface area contributed by atoms with Gasteiger partial charge >= 0.3 is 0 Å². The molecule has 0 radical (unpaired) electrons. The molecule has 0 heterocycles. The third-order valence-corrected chi connectivity index (χ3v) is 2.54. The van der Waals surface area contributed by atoms with Crippen molar-refractivity contribution < 1.29 is 9.53 Å². The van der Waals surface area contributed by atoms with Crippen LogP contribution in [0.2, 0.25) is 0 Å². The van der Waals surface area contributed by atoms with Crippen LogP contribution in [0.15, 0.2) is 18.2 Å². The molecule has 1 rings (SSSR count). The number of anilines is 1. The minimum Gasteiger partial charge on any atom is -0.383 e. The van der Waals surface area contributed by atoms with E-state index < -0.39 is 5.91 Å². The largest absolute Gasteiger partial charge is 0.383 e. The Bertz CT molecular complexity index is 355. The van der Waals surface area contributed by atoms with E-state index >= 15 is 0 Å². The van der Waals surface area contributed by atoms with Gasteiger partial charge in [0.15, 0.2) is 0 Å². The highest BCUT2D eigenvalue weighted by Crippen LogP contribution is 2.18. The number of carbonyl (C=O) groups excluding carboxylic acids is 1. The normalized spacial score (nSPS) is 10.0. The molecule has 0 fully saturated rings. The summed E-state index contributed by atoms with van der Waals surface area (Å²) < 4.78 is 5.97. The van der Waals surface area contributed by atoms with Crippen LogP contribution in [0.3, 0.4) is 0 Å². The Morgan fingerprint density at radius 3 is 2.93 bits per heavy atom. The second-order valence-corrected chi connectivity index (χ2v) is 4.22. The molecule has 5 heteroatoms. The van der Waals surface area contributed by atoms with E-state index in [1.807, 2.05) is 12.1 Å². The van der Waals surface area contributed by atoms with E-state index in [9.17, 15) is 4.79 Å². The van der Waals surface area contributed by atoms with Gasteiger partial charge in [-0.25, -0.2) is 0 Å². The summed E-state index contributed by atoms with van der Waals surface area (Å²) in [5.74, 6) is -0.425. The first-order chi connectivity index (χ1) is 7.15. The van der Waals surface area contributed by atoms with Gasteiger partial charge in [-0.2, -0.15) is 0 Å². The van der Waals surface area contributed by atoms with Crippen molar-refractivity contribution in [3.63, 3.8) is 0 Å². The third-order valence-electron chi connectivity index (χ3n) is 1.87. The fourth-order valence-electron chi connectivity index (χ4n) is 1.17. The molecular formula is C10H13IN2O2. The zero-order valence-electron chi connectivity index (χ0n) is 8.42. The van der Waals surface area contributed by atoms with E-state index in [0.29, 0.717) is 18.7 Å². The number of hydrogen-bond acceptors (Lipinski definition) is 3. The molecule has 4 nitrogen and oxygen atoms in total. The van der Waals surface area contributed by atoms with Crippen molar-refractivity contribution in [1.82, 2.24) is 0 Å². The minimum absolute atomic E-state index is 0.425. The molecular weight excluding hydrogens is 307 g/mol. The standard InChI is InChI=1S/C10H13IN2O2/c1-15-5-4-13-9-6-7(11)2-3-8(9)10(12)14/h2-3,6,13H,4-5H2,1H3,(H2,12,14). The lowest BCUT2D eigenvalue weighted by atomic mass is 10.1. The van der Waals surface area contributed by atoms with Gasteiger partial charge in [-0.1, -0.05) is 0 Å². The van der Waals surface area contributed by atoms with Crippen LogP contribution in [0.4, 0.5) is 5.69 Å². The van der Waals surface area contributed by atoms with E-state index in [-0.39, 0.29) is 0 Å². The molecule has 0 spiro atoms. The number of halogens is 1. The molecule has 1 aromatic carbocycles. The molecule has 0 bridgehead atoms. The van der Waals surface area contributed by atoms with Crippen molar-refractivity contribution in [2.75, 3.05) is 25.6 Å². The molecule has 0 atom stereocenters. The average Bonchev–Trinajstić information content (AvgIpc) is 2.18. The smallest absolute Gasteiger partial charge is 0.250 e. The lowest BCUT2D eigenvalue weighted by molar-refractivity contribution is 0.100. The summed E-state index contributed by atoms with van der Waals surface area (Å²) in [6, 6.07) is 5.46. The minimum atomic E-state index is -0.425. The van der Waals surface area contributed by atoms with Crippen LogP contribution in [-0.4, -0.2) is 26.2 Å². The van der Waals surface area contributed by atoms with Gasteiger partial charge in [-0.3, -0.25) is 4.79 Å². The zero-order chi connectivity index (χ0) is 11.3. The molecule has 0 aliphatic carbocycles. The highest BCUT2D eigenvalue weighted by molar-refractivity contribution is 14.1. The molecule has 0 aromatic heterocycles. The Balaban J connectivity index is 2.82. The van der Waals surface area contributed by atoms with Gasteiger partial charge in [0.2, 0.25) is 0 Å². The molecule has 3 N–H and O–H groups in total. The van der Waals surface area contributed by atoms with Gasteiger partial charge in [0.25, 0.3) is 5.91 Å². The molecule has 0 aliphatic rings. The summed E-state index contributed by atoms with van der Waals surface area (Å²) in [7, 11) is 1.63. The van der Waals surface area contributed by atoms with Crippen LogP contribution >= 0.6 is 22.6 Å². The number of methoxy groups -OCH3 is 1. The van der Waals surface area contributed by atoms with Gasteiger partial charge < -0.3 is 15.8 Å². The van der Waals surface area contributed by atoms with Crippen molar-refractivity contribution in [2.24, 2.45) is 5.73 Å². The number of amides is 1. The number of primary amides is 1. The number of hydrogen-bond donors (Lipinski definition) is 2. The molecule has 0 saturated heterocycles. The quantitative estimate of drug-likeness (QED) is 0.637. The van der Waals surface area contributed by atoms with Crippen LogP contribution < -0.4 is 11.1 Å². The first-order valence-electron chi connectivity index (χ1n) is 4.47. The van der Waals surface area contributed by atoms with Crippen LogP contribution in [-0.2, 0) is 4.74 Å². The summed E-state index contributed by atoms with van der Waals surface area (Å²) in [6.07, 6.45) is 0. The van der Waals surface area contributed by atoms with Crippen LogP contribution in [0, 0.1) is 3.57 Å². The fraction of sp³-hybridized carbons (Fsp3) is 0.300. The number of nitrogens with one attached hydrogen (secondary N) is 1. The highest BCUT2D eigenvalue weighted by atomic mass is 127. The third kappa shape index (κ3) is 3.67. The second-order valence-electron chi connectivity index (χ2n) is 2.97. The lowest BCUT2D eigenvalue weighted by Gasteiger charge is -2.09. The Morgan fingerprint density at radius 2 is 2.33 bits per heavy atom. The second kappa shape index (κ2) is 5.92. The summed E-state index contributed by atoms with van der Waals surface area (Å²) >= 11 is 2.18. The van der Waals surface area contributed by atoms with Crippen LogP contribution in [0.5, 0.6) is 0 Å². The van der Waals surface area contributed by atoms with E-state index in [2.05, 4.69) is 27.9 Å². The first kappa shape index (κ1) is 12.3. The molecule has 1 amide bonds. The maximum atomic E-state index is 11.1. The average molecular weight is 320 g/mol. The van der Waals surface area contributed by atoms with E-state index in [0.717, 1.165) is 9.26 Å². The number of benzene rings is 1. The lowest BCUT2D eigenvalue weighted by Crippen LogP contribution is -2.16. The topological polar surface area (TPSA) is 64.3 Å². The van der Waals surface area contributed by atoms with Crippen molar-refractivity contribution >= 4 is 34.2 Å². The molecule has 0 unspecified atom stereocenters. The number of carbonyl (C=O) groups is 1. The van der Waals surface area contributed by atoms with Crippen molar-refractivity contribution in [3.8, 4) is 0 Å². The Hall–Kier alpha value is -0.820. The Kier molecular flexibility index (Phi) is 4.83. The van der Waals surface area contributed by atoms with Gasteiger partial charge in [-0.15, -0.1) is 0 Å². The van der Waals surface area contributed by atoms with Gasteiger partial charge in [0.05, 0.1) is 12.2 Å². The predicted octanol–water partition coefficient (Wildman–Crippen LogP) is 1.45. The summed E-state index contributed by atoms with van der Waals surface area (Å²) in [5.41, 5.74) is 6.52.